The van der Waals surface area contributed by atoms with Gasteiger partial charge in [-0.05, 0) is 29.7 Å². The molecule has 0 saturated heterocycles. The van der Waals surface area contributed by atoms with Gasteiger partial charge in [0.25, 0.3) is 5.56 Å². The Hall–Kier alpha value is -3.74. The van der Waals surface area contributed by atoms with Crippen molar-refractivity contribution in [3.8, 4) is 11.3 Å². The van der Waals surface area contributed by atoms with Gasteiger partial charge in [0.15, 0.2) is 0 Å². The minimum Gasteiger partial charge on any atom is -0.350 e. The first-order valence-corrected chi connectivity index (χ1v) is 9.87. The summed E-state index contributed by atoms with van der Waals surface area (Å²) in [6.07, 6.45) is 7.54. The van der Waals surface area contributed by atoms with Crippen LogP contribution >= 0.6 is 0 Å². The Morgan fingerprint density at radius 3 is 2.70 bits per heavy atom. The summed E-state index contributed by atoms with van der Waals surface area (Å²) in [5, 5.41) is 0.860. The number of para-hydroxylation sites is 1. The predicted molar refractivity (Wildman–Crippen MR) is 113 cm³/mol. The third-order valence-corrected chi connectivity index (χ3v) is 6.64. The van der Waals surface area contributed by atoms with E-state index in [0.29, 0.717) is 5.52 Å². The Bertz CT molecular complexity index is 1400. The van der Waals surface area contributed by atoms with E-state index in [0.717, 1.165) is 39.9 Å². The van der Waals surface area contributed by atoms with Crippen molar-refractivity contribution in [1.29, 1.82) is 0 Å². The minimum absolute atomic E-state index is 0.0288. The van der Waals surface area contributed by atoms with Gasteiger partial charge in [-0.1, -0.05) is 18.2 Å². The van der Waals surface area contributed by atoms with E-state index >= 15 is 0 Å². The molecule has 4 heterocycles. The lowest BCUT2D eigenvalue weighted by molar-refractivity contribution is -0.120. The number of hydrogen-bond donors (Lipinski definition) is 1. The molecule has 1 amide bonds. The molecular formula is C23H19N5O2. The van der Waals surface area contributed by atoms with Gasteiger partial charge in [0.2, 0.25) is 5.91 Å². The highest BCUT2D eigenvalue weighted by Gasteiger charge is 2.67. The summed E-state index contributed by atoms with van der Waals surface area (Å²) < 4.78 is 1.60. The fourth-order valence-electron chi connectivity index (χ4n) is 5.08. The fraction of sp³-hybridized carbons (Fsp3) is 0.217. The van der Waals surface area contributed by atoms with E-state index in [-0.39, 0.29) is 17.4 Å². The molecule has 30 heavy (non-hydrogen) atoms. The van der Waals surface area contributed by atoms with Gasteiger partial charge in [-0.3, -0.25) is 9.59 Å². The van der Waals surface area contributed by atoms with E-state index in [1.807, 2.05) is 37.5 Å². The molecule has 1 spiro atoms. The van der Waals surface area contributed by atoms with Crippen LogP contribution in [-0.2, 0) is 17.3 Å². The third kappa shape index (κ3) is 2.04. The lowest BCUT2D eigenvalue weighted by Gasteiger charge is -2.12. The normalized spacial score (nSPS) is 22.1. The van der Waals surface area contributed by atoms with E-state index in [1.54, 1.807) is 28.9 Å². The third-order valence-electron chi connectivity index (χ3n) is 6.64. The molecule has 2 unspecified atom stereocenters. The van der Waals surface area contributed by atoms with Crippen LogP contribution < -0.4 is 10.5 Å². The van der Waals surface area contributed by atoms with Crippen LogP contribution in [0.1, 0.15) is 23.5 Å². The number of carbonyl (C=O) groups excluding carboxylic acids is 1. The monoisotopic (exact) mass is 397 g/mol. The molecule has 1 aromatic carbocycles. The van der Waals surface area contributed by atoms with Crippen LogP contribution in [-0.4, -0.2) is 32.5 Å². The van der Waals surface area contributed by atoms with Crippen LogP contribution in [0.15, 0.2) is 60.0 Å². The van der Waals surface area contributed by atoms with Gasteiger partial charge in [0, 0.05) is 60.9 Å². The SMILES string of the molecule is CN1C(=O)C2(CC2c2cn(C)c(=O)c3[nH]c(-c4cncnc4)cc23)c2ccccc21. The van der Waals surface area contributed by atoms with Crippen LogP contribution in [0.4, 0.5) is 5.69 Å². The van der Waals surface area contributed by atoms with Gasteiger partial charge >= 0.3 is 0 Å². The number of hydrogen-bond acceptors (Lipinski definition) is 4. The van der Waals surface area contributed by atoms with Gasteiger partial charge in [-0.2, -0.15) is 0 Å². The van der Waals surface area contributed by atoms with Gasteiger partial charge < -0.3 is 14.5 Å². The highest BCUT2D eigenvalue weighted by atomic mass is 16.2. The first-order valence-electron chi connectivity index (χ1n) is 9.87. The topological polar surface area (TPSA) is 83.9 Å². The summed E-state index contributed by atoms with van der Waals surface area (Å²) >= 11 is 0. The minimum atomic E-state index is -0.539. The van der Waals surface area contributed by atoms with Gasteiger partial charge in [-0.25, -0.2) is 9.97 Å². The zero-order chi connectivity index (χ0) is 20.6. The molecular weight excluding hydrogens is 378 g/mol. The molecule has 7 nitrogen and oxygen atoms in total. The number of H-pyrrole nitrogens is 1. The van der Waals surface area contributed by atoms with Crippen molar-refractivity contribution >= 4 is 22.5 Å². The lowest BCUT2D eigenvalue weighted by atomic mass is 9.91. The number of benzene rings is 1. The Balaban J connectivity index is 1.55. The number of aromatic amines is 1. The van der Waals surface area contributed by atoms with Gasteiger partial charge in [-0.15, -0.1) is 0 Å². The number of pyridine rings is 1. The smallest absolute Gasteiger partial charge is 0.274 e. The van der Waals surface area contributed by atoms with Crippen molar-refractivity contribution in [3.05, 3.63) is 76.7 Å². The van der Waals surface area contributed by atoms with Crippen molar-refractivity contribution in [2.45, 2.75) is 17.8 Å². The van der Waals surface area contributed by atoms with Crippen LogP contribution in [0.5, 0.6) is 0 Å². The summed E-state index contributed by atoms with van der Waals surface area (Å²) in [6, 6.07) is 9.98. The number of aromatic nitrogens is 4. The van der Waals surface area contributed by atoms with Crippen LogP contribution in [0.25, 0.3) is 22.2 Å². The quantitative estimate of drug-likeness (QED) is 0.564. The molecule has 3 aromatic heterocycles. The average molecular weight is 397 g/mol. The maximum Gasteiger partial charge on any atom is 0.274 e. The van der Waals surface area contributed by atoms with Gasteiger partial charge in [0.1, 0.15) is 11.8 Å². The molecule has 1 aliphatic heterocycles. The second-order valence-corrected chi connectivity index (χ2v) is 8.21. The number of fused-ring (bicyclic) bond motifs is 3. The molecule has 7 heteroatoms. The number of nitrogens with one attached hydrogen (secondary N) is 1. The van der Waals surface area contributed by atoms with Crippen molar-refractivity contribution < 1.29 is 4.79 Å². The number of carbonyl (C=O) groups is 1. The first-order chi connectivity index (χ1) is 14.5. The standard InChI is InChI=1S/C23H19N5O2/c1-27-11-15(14-7-18(26-20(14)21(27)29)13-9-24-12-25-10-13)17-8-23(17)16-5-3-4-6-19(16)28(2)22(23)30/h3-7,9-12,17,26H,8H2,1-2H3. The van der Waals surface area contributed by atoms with E-state index in [4.69, 9.17) is 0 Å². The number of aryl methyl sites for hydroxylation is 1. The van der Waals surface area contributed by atoms with Crippen molar-refractivity contribution in [1.82, 2.24) is 19.5 Å². The Kier molecular flexibility index (Phi) is 3.23. The van der Waals surface area contributed by atoms with Crippen molar-refractivity contribution in [2.75, 3.05) is 11.9 Å². The highest BCUT2D eigenvalue weighted by Crippen LogP contribution is 2.66. The number of amides is 1. The average Bonchev–Trinajstić information content (AvgIpc) is 3.30. The second-order valence-electron chi connectivity index (χ2n) is 8.21. The van der Waals surface area contributed by atoms with Gasteiger partial charge in [0.05, 0.1) is 5.41 Å². The van der Waals surface area contributed by atoms with Crippen molar-refractivity contribution in [3.63, 3.8) is 0 Å². The fourth-order valence-corrected chi connectivity index (χ4v) is 5.08. The lowest BCUT2D eigenvalue weighted by Crippen LogP contribution is -2.29. The highest BCUT2D eigenvalue weighted by molar-refractivity contribution is 6.11. The van der Waals surface area contributed by atoms with Crippen LogP contribution in [0.3, 0.4) is 0 Å². The first kappa shape index (κ1) is 17.1. The predicted octanol–water partition coefficient (Wildman–Crippen LogP) is 2.73. The molecule has 4 aromatic rings. The van der Waals surface area contributed by atoms with E-state index in [1.165, 1.54) is 6.33 Å². The number of likely N-dealkylation sites (N-methyl/N-ethyl adjacent to an activating group) is 1. The molecule has 0 bridgehead atoms. The maximum atomic E-state index is 13.3. The molecule has 0 radical (unpaired) electrons. The molecule has 1 fully saturated rings. The Labute approximate surface area is 172 Å². The number of anilines is 1. The van der Waals surface area contributed by atoms with E-state index in [2.05, 4.69) is 21.0 Å². The van der Waals surface area contributed by atoms with Crippen LogP contribution in [0, 0.1) is 0 Å². The molecule has 1 N–H and O–H groups in total. The van der Waals surface area contributed by atoms with E-state index < -0.39 is 5.41 Å². The molecule has 1 saturated carbocycles. The Morgan fingerprint density at radius 1 is 1.13 bits per heavy atom. The summed E-state index contributed by atoms with van der Waals surface area (Å²) in [5.74, 6) is 0.156. The molecule has 2 aliphatic rings. The summed E-state index contributed by atoms with van der Waals surface area (Å²) in [5.41, 5.74) is 4.59. The largest absolute Gasteiger partial charge is 0.350 e. The molecule has 6 rings (SSSR count). The zero-order valence-corrected chi connectivity index (χ0v) is 16.6. The molecule has 2 atom stereocenters. The summed E-state index contributed by atoms with van der Waals surface area (Å²) in [6.45, 7) is 0. The Morgan fingerprint density at radius 2 is 1.90 bits per heavy atom. The van der Waals surface area contributed by atoms with Crippen molar-refractivity contribution in [2.24, 2.45) is 7.05 Å². The molecule has 148 valence electrons. The zero-order valence-electron chi connectivity index (χ0n) is 16.6. The van der Waals surface area contributed by atoms with E-state index in [9.17, 15) is 9.59 Å². The second kappa shape index (κ2) is 5.66. The number of nitrogens with zero attached hydrogens (tertiary/aromatic N) is 4. The summed E-state index contributed by atoms with van der Waals surface area (Å²) in [4.78, 5) is 39.3. The summed E-state index contributed by atoms with van der Waals surface area (Å²) in [7, 11) is 3.59. The van der Waals surface area contributed by atoms with Crippen LogP contribution in [0.2, 0.25) is 0 Å². The molecule has 1 aliphatic carbocycles. The number of rotatable bonds is 2. The maximum absolute atomic E-state index is 13.3.